The molecule has 2 saturated heterocycles. The maximum Gasteiger partial charge on any atom is 0.243 e. The number of benzene rings is 2. The van der Waals surface area contributed by atoms with Gasteiger partial charge in [-0.05, 0) is 61.8 Å². The minimum atomic E-state index is -0.699. The highest BCUT2D eigenvalue weighted by molar-refractivity contribution is 6.31. The fourth-order valence-corrected chi connectivity index (χ4v) is 6.36. The van der Waals surface area contributed by atoms with Gasteiger partial charge in [0.25, 0.3) is 0 Å². The van der Waals surface area contributed by atoms with E-state index in [4.69, 9.17) is 16.3 Å². The van der Waals surface area contributed by atoms with E-state index in [2.05, 4.69) is 33.0 Å². The van der Waals surface area contributed by atoms with Crippen LogP contribution >= 0.6 is 11.6 Å². The van der Waals surface area contributed by atoms with Crippen LogP contribution in [0.25, 0.3) is 0 Å². The summed E-state index contributed by atoms with van der Waals surface area (Å²) >= 11 is 5.86. The Morgan fingerprint density at radius 3 is 2.64 bits per heavy atom. The number of piperidine rings is 1. The van der Waals surface area contributed by atoms with Gasteiger partial charge in [0, 0.05) is 44.5 Å². The van der Waals surface area contributed by atoms with E-state index < -0.39 is 17.3 Å². The van der Waals surface area contributed by atoms with Gasteiger partial charge in [-0.1, -0.05) is 54.1 Å². The van der Waals surface area contributed by atoms with Gasteiger partial charge in [-0.15, -0.1) is 0 Å². The summed E-state index contributed by atoms with van der Waals surface area (Å²) in [5.74, 6) is -0.941. The lowest BCUT2D eigenvalue weighted by Crippen LogP contribution is -2.58. The monoisotopic (exact) mass is 596 g/mol. The molecule has 2 fully saturated rings. The molecule has 0 aromatic heterocycles. The summed E-state index contributed by atoms with van der Waals surface area (Å²) in [6.45, 7) is 2.46. The number of hydrogen-bond acceptors (Lipinski definition) is 5. The molecule has 3 N–H and O–H groups in total. The summed E-state index contributed by atoms with van der Waals surface area (Å²) in [7, 11) is 0. The van der Waals surface area contributed by atoms with Crippen molar-refractivity contribution in [2.45, 2.75) is 50.6 Å². The Hall–Kier alpha value is -3.27. The molecule has 3 heterocycles. The van der Waals surface area contributed by atoms with Crippen LogP contribution in [-0.4, -0.2) is 67.6 Å². The molecule has 0 unspecified atom stereocenters. The van der Waals surface area contributed by atoms with Gasteiger partial charge in [-0.2, -0.15) is 0 Å². The standard InChI is InChI=1S/C32H38ClFN4O4/c33-25-19-24(9-10-26(25)34)35-29(39)21-38-15-11-27-23(20-38)8-4-5-12-32(13-16-42-17-14-32)31(41)37-28(30(40)36-27)18-22-6-2-1-3-7-22/h1-7,9-10,19,23,27-28H,8,11-18,20-21H2,(H,35,39)(H,36,40)(H,37,41)/b5-4+/t23-,27+,28+/m0/s1. The quantitative estimate of drug-likeness (QED) is 0.452. The largest absolute Gasteiger partial charge is 0.381 e. The van der Waals surface area contributed by atoms with Gasteiger partial charge in [0.15, 0.2) is 0 Å². The number of anilines is 1. The molecule has 3 aliphatic rings. The van der Waals surface area contributed by atoms with Crippen LogP contribution in [0.2, 0.25) is 5.02 Å². The van der Waals surface area contributed by atoms with Gasteiger partial charge in [0.05, 0.1) is 17.0 Å². The third kappa shape index (κ3) is 7.56. The number of halogens is 2. The van der Waals surface area contributed by atoms with Crippen LogP contribution < -0.4 is 16.0 Å². The molecule has 10 heteroatoms. The van der Waals surface area contributed by atoms with Crippen molar-refractivity contribution in [3.8, 4) is 0 Å². The summed E-state index contributed by atoms with van der Waals surface area (Å²) in [4.78, 5) is 42.3. The van der Waals surface area contributed by atoms with Crippen molar-refractivity contribution in [3.05, 3.63) is 77.1 Å². The summed E-state index contributed by atoms with van der Waals surface area (Å²) < 4.78 is 19.1. The molecule has 0 saturated carbocycles. The molecule has 2 aromatic carbocycles. The van der Waals surface area contributed by atoms with Crippen LogP contribution in [-0.2, 0) is 25.5 Å². The second kappa shape index (κ2) is 13.8. The fraction of sp³-hybridized carbons (Fsp3) is 0.469. The molecule has 0 aliphatic carbocycles. The summed E-state index contributed by atoms with van der Waals surface area (Å²) in [5.41, 5.74) is 0.810. The second-order valence-corrected chi connectivity index (χ2v) is 12.0. The number of fused-ring (bicyclic) bond motifs is 1. The Labute approximate surface area is 251 Å². The summed E-state index contributed by atoms with van der Waals surface area (Å²) in [6, 6.07) is 13.0. The molecular formula is C32H38ClFN4O4. The highest BCUT2D eigenvalue weighted by Crippen LogP contribution is 2.36. The molecule has 224 valence electrons. The van der Waals surface area contributed by atoms with E-state index in [1.165, 1.54) is 18.2 Å². The van der Waals surface area contributed by atoms with E-state index in [0.29, 0.717) is 70.5 Å². The van der Waals surface area contributed by atoms with Crippen LogP contribution in [0.4, 0.5) is 10.1 Å². The third-order valence-corrected chi connectivity index (χ3v) is 8.96. The van der Waals surface area contributed by atoms with E-state index in [9.17, 15) is 18.8 Å². The van der Waals surface area contributed by atoms with Gasteiger partial charge in [0.1, 0.15) is 11.9 Å². The zero-order chi connectivity index (χ0) is 29.5. The van der Waals surface area contributed by atoms with Crippen molar-refractivity contribution < 1.29 is 23.5 Å². The molecule has 0 radical (unpaired) electrons. The molecule has 0 bridgehead atoms. The lowest BCUT2D eigenvalue weighted by atomic mass is 9.75. The number of hydrogen-bond donors (Lipinski definition) is 3. The third-order valence-electron chi connectivity index (χ3n) is 8.67. The zero-order valence-electron chi connectivity index (χ0n) is 23.6. The molecule has 8 nitrogen and oxygen atoms in total. The fourth-order valence-electron chi connectivity index (χ4n) is 6.18. The van der Waals surface area contributed by atoms with Crippen molar-refractivity contribution in [1.29, 1.82) is 0 Å². The van der Waals surface area contributed by atoms with Crippen molar-refractivity contribution >= 4 is 35.0 Å². The number of carbonyl (C=O) groups excluding carboxylic acids is 3. The average molecular weight is 597 g/mol. The first-order valence-electron chi connectivity index (χ1n) is 14.7. The molecule has 42 heavy (non-hydrogen) atoms. The molecule has 3 aliphatic heterocycles. The van der Waals surface area contributed by atoms with E-state index in [1.54, 1.807) is 0 Å². The van der Waals surface area contributed by atoms with E-state index in [1.807, 2.05) is 30.3 Å². The van der Waals surface area contributed by atoms with Crippen LogP contribution in [0, 0.1) is 17.2 Å². The Balaban J connectivity index is 1.31. The van der Waals surface area contributed by atoms with E-state index in [0.717, 1.165) is 5.56 Å². The number of likely N-dealkylation sites (tertiary alicyclic amines) is 1. The number of nitrogens with one attached hydrogen (secondary N) is 3. The first-order valence-corrected chi connectivity index (χ1v) is 15.0. The second-order valence-electron chi connectivity index (χ2n) is 11.6. The minimum Gasteiger partial charge on any atom is -0.381 e. The minimum absolute atomic E-state index is 0.0475. The molecule has 1 spiro atoms. The van der Waals surface area contributed by atoms with Gasteiger partial charge in [0.2, 0.25) is 17.7 Å². The number of allylic oxidation sites excluding steroid dienone is 2. The van der Waals surface area contributed by atoms with Gasteiger partial charge in [-0.3, -0.25) is 19.3 Å². The van der Waals surface area contributed by atoms with E-state index >= 15 is 0 Å². The Morgan fingerprint density at radius 2 is 1.88 bits per heavy atom. The SMILES string of the molecule is O=C(CN1CC[C@H]2NC(=O)[C@@H](Cc3ccccc3)NC(=O)C3(C/C=C/C[C@H]2C1)CCOCC3)Nc1ccc(F)c(Cl)c1. The van der Waals surface area contributed by atoms with Crippen LogP contribution in [0.5, 0.6) is 0 Å². The van der Waals surface area contributed by atoms with Crippen molar-refractivity contribution in [2.75, 3.05) is 38.2 Å². The highest BCUT2D eigenvalue weighted by atomic mass is 35.5. The first kappa shape index (κ1) is 30.2. The van der Waals surface area contributed by atoms with Crippen molar-refractivity contribution in [3.63, 3.8) is 0 Å². The van der Waals surface area contributed by atoms with Crippen LogP contribution in [0.1, 0.15) is 37.7 Å². The zero-order valence-corrected chi connectivity index (χ0v) is 24.4. The molecule has 3 amide bonds. The predicted octanol–water partition coefficient (Wildman–Crippen LogP) is 4.10. The predicted molar refractivity (Wildman–Crippen MR) is 159 cm³/mol. The van der Waals surface area contributed by atoms with E-state index in [-0.39, 0.29) is 41.2 Å². The lowest BCUT2D eigenvalue weighted by Gasteiger charge is -2.40. The van der Waals surface area contributed by atoms with Crippen LogP contribution in [0.3, 0.4) is 0 Å². The number of amides is 3. The topological polar surface area (TPSA) is 99.8 Å². The van der Waals surface area contributed by atoms with Gasteiger partial charge < -0.3 is 20.7 Å². The van der Waals surface area contributed by atoms with Gasteiger partial charge >= 0.3 is 0 Å². The average Bonchev–Trinajstić information content (AvgIpc) is 2.98. The van der Waals surface area contributed by atoms with Crippen LogP contribution in [0.15, 0.2) is 60.7 Å². The summed E-state index contributed by atoms with van der Waals surface area (Å²) in [6.07, 6.45) is 7.81. The summed E-state index contributed by atoms with van der Waals surface area (Å²) in [5, 5.41) is 9.12. The Morgan fingerprint density at radius 1 is 1.10 bits per heavy atom. The highest BCUT2D eigenvalue weighted by Gasteiger charge is 2.41. The number of nitrogens with zero attached hydrogens (tertiary/aromatic N) is 1. The van der Waals surface area contributed by atoms with Crippen molar-refractivity contribution in [1.82, 2.24) is 15.5 Å². The smallest absolute Gasteiger partial charge is 0.243 e. The van der Waals surface area contributed by atoms with Gasteiger partial charge in [-0.25, -0.2) is 4.39 Å². The molecule has 3 atom stereocenters. The number of ether oxygens (including phenoxy) is 1. The Kier molecular flexibility index (Phi) is 9.92. The molecule has 2 aromatic rings. The number of rotatable bonds is 5. The maximum absolute atomic E-state index is 13.7. The molecule has 5 rings (SSSR count). The molecular weight excluding hydrogens is 559 g/mol. The first-order chi connectivity index (χ1) is 20.3. The lowest BCUT2D eigenvalue weighted by molar-refractivity contribution is -0.140. The normalized spacial score (nSPS) is 25.7. The van der Waals surface area contributed by atoms with Crippen molar-refractivity contribution in [2.24, 2.45) is 11.3 Å². The Bertz CT molecular complexity index is 1300. The maximum atomic E-state index is 13.7. The number of carbonyl (C=O) groups is 3.